The molecule has 0 N–H and O–H groups in total. The SMILES string of the molecule is CCOC(=O)C1=C(c2ccccc2)N=c2s/c(=C/c3cn(Cc4ccc(Cl)c(Cl)c4)c4ccccc34)c(=O)n2[C@@H]1c1ccccc1. The van der Waals surface area contributed by atoms with Crippen LogP contribution in [0.5, 0.6) is 0 Å². The minimum atomic E-state index is -0.718. The van der Waals surface area contributed by atoms with Gasteiger partial charge in [-0.2, -0.15) is 0 Å². The number of nitrogens with zero attached hydrogens (tertiary/aromatic N) is 3. The summed E-state index contributed by atoms with van der Waals surface area (Å²) in [7, 11) is 0. The number of benzene rings is 4. The van der Waals surface area contributed by atoms with E-state index in [1.165, 1.54) is 11.3 Å². The number of ether oxygens (including phenoxy) is 1. The van der Waals surface area contributed by atoms with Crippen molar-refractivity contribution in [3.05, 3.63) is 167 Å². The Hall–Kier alpha value is -4.69. The third kappa shape index (κ3) is 5.51. The van der Waals surface area contributed by atoms with Crippen molar-refractivity contribution in [3.63, 3.8) is 0 Å². The van der Waals surface area contributed by atoms with Crippen LogP contribution in [0.4, 0.5) is 0 Å². The first kappa shape index (κ1) is 30.0. The van der Waals surface area contributed by atoms with Gasteiger partial charge in [-0.25, -0.2) is 9.79 Å². The maximum Gasteiger partial charge on any atom is 0.338 e. The van der Waals surface area contributed by atoms with Crippen LogP contribution in [-0.2, 0) is 16.1 Å². The predicted octanol–water partition coefficient (Wildman–Crippen LogP) is 7.25. The summed E-state index contributed by atoms with van der Waals surface area (Å²) in [4.78, 5) is 33.5. The van der Waals surface area contributed by atoms with Crippen LogP contribution in [0.1, 0.15) is 35.2 Å². The Morgan fingerprint density at radius 1 is 0.935 bits per heavy atom. The van der Waals surface area contributed by atoms with Gasteiger partial charge in [-0.3, -0.25) is 9.36 Å². The molecule has 6 nitrogen and oxygen atoms in total. The van der Waals surface area contributed by atoms with Gasteiger partial charge in [0, 0.05) is 34.8 Å². The molecule has 0 saturated carbocycles. The molecule has 0 radical (unpaired) electrons. The fourth-order valence-corrected chi connectivity index (χ4v) is 7.20. The Kier molecular flexibility index (Phi) is 8.21. The summed E-state index contributed by atoms with van der Waals surface area (Å²) in [6, 6.07) is 32.1. The first-order chi connectivity index (χ1) is 22.4. The minimum absolute atomic E-state index is 0.197. The Labute approximate surface area is 278 Å². The van der Waals surface area contributed by atoms with Crippen molar-refractivity contribution in [3.8, 4) is 0 Å². The van der Waals surface area contributed by atoms with Crippen LogP contribution in [0.15, 0.2) is 125 Å². The Morgan fingerprint density at radius 2 is 1.65 bits per heavy atom. The monoisotopic (exact) mass is 663 g/mol. The molecule has 0 unspecified atom stereocenters. The van der Waals surface area contributed by atoms with Crippen LogP contribution in [0.3, 0.4) is 0 Å². The van der Waals surface area contributed by atoms with Gasteiger partial charge in [0.2, 0.25) is 0 Å². The average molecular weight is 665 g/mol. The standard InChI is InChI=1S/C37H27Cl2N3O3S/c1-2-45-36(44)32-33(24-11-5-3-6-12-24)40-37-42(34(32)25-13-7-4-8-14-25)35(43)31(46-37)20-26-22-41(30-16-10-9-15-27(26)30)21-23-17-18-28(38)29(39)19-23/h3-20,22,34H,2,21H2,1H3/b31-20+/t34-/m1/s1. The first-order valence-electron chi connectivity index (χ1n) is 14.8. The molecule has 7 rings (SSSR count). The molecule has 4 aromatic carbocycles. The molecule has 0 bridgehead atoms. The van der Waals surface area contributed by atoms with E-state index in [9.17, 15) is 9.59 Å². The van der Waals surface area contributed by atoms with E-state index >= 15 is 0 Å². The number of para-hydroxylation sites is 1. The van der Waals surface area contributed by atoms with Crippen LogP contribution in [-0.4, -0.2) is 21.7 Å². The summed E-state index contributed by atoms with van der Waals surface area (Å²) in [5.74, 6) is -0.501. The molecule has 46 heavy (non-hydrogen) atoms. The molecule has 0 saturated heterocycles. The molecule has 2 aromatic heterocycles. The molecule has 228 valence electrons. The van der Waals surface area contributed by atoms with Crippen LogP contribution >= 0.6 is 34.5 Å². The predicted molar refractivity (Wildman–Crippen MR) is 185 cm³/mol. The minimum Gasteiger partial charge on any atom is -0.463 e. The molecule has 9 heteroatoms. The molecule has 1 atom stereocenters. The zero-order valence-corrected chi connectivity index (χ0v) is 27.0. The van der Waals surface area contributed by atoms with Crippen molar-refractivity contribution in [2.75, 3.05) is 6.61 Å². The van der Waals surface area contributed by atoms with Crippen LogP contribution in [0.2, 0.25) is 10.0 Å². The lowest BCUT2D eigenvalue weighted by molar-refractivity contribution is -0.138. The van der Waals surface area contributed by atoms with E-state index in [1.54, 1.807) is 17.6 Å². The van der Waals surface area contributed by atoms with Crippen molar-refractivity contribution in [1.29, 1.82) is 0 Å². The van der Waals surface area contributed by atoms with Crippen LogP contribution < -0.4 is 14.9 Å². The van der Waals surface area contributed by atoms with Gasteiger partial charge in [0.1, 0.15) is 0 Å². The number of aromatic nitrogens is 2. The number of thiazole rings is 1. The lowest BCUT2D eigenvalue weighted by Crippen LogP contribution is -2.39. The fraction of sp³-hybridized carbons (Fsp3) is 0.108. The number of esters is 1. The number of carbonyl (C=O) groups is 1. The topological polar surface area (TPSA) is 65.6 Å². The van der Waals surface area contributed by atoms with Crippen molar-refractivity contribution in [1.82, 2.24) is 9.13 Å². The number of carbonyl (C=O) groups excluding carboxylic acids is 1. The molecule has 0 amide bonds. The third-order valence-corrected chi connectivity index (χ3v) is 9.65. The van der Waals surface area contributed by atoms with E-state index in [4.69, 9.17) is 32.9 Å². The highest BCUT2D eigenvalue weighted by molar-refractivity contribution is 7.07. The Bertz CT molecular complexity index is 2320. The lowest BCUT2D eigenvalue weighted by atomic mass is 9.93. The Morgan fingerprint density at radius 3 is 2.39 bits per heavy atom. The number of hydrogen-bond acceptors (Lipinski definition) is 5. The lowest BCUT2D eigenvalue weighted by Gasteiger charge is -2.25. The van der Waals surface area contributed by atoms with E-state index in [1.807, 2.05) is 103 Å². The Balaban J connectivity index is 1.43. The zero-order chi connectivity index (χ0) is 31.8. The largest absolute Gasteiger partial charge is 0.463 e. The molecule has 1 aliphatic heterocycles. The molecule has 6 aromatic rings. The number of fused-ring (bicyclic) bond motifs is 2. The fourth-order valence-electron chi connectivity index (χ4n) is 5.89. The number of hydrogen-bond donors (Lipinski definition) is 0. The summed E-state index contributed by atoms with van der Waals surface area (Å²) in [6.07, 6.45) is 3.95. The highest BCUT2D eigenvalue weighted by atomic mass is 35.5. The van der Waals surface area contributed by atoms with E-state index in [2.05, 4.69) is 10.6 Å². The molecule has 0 fully saturated rings. The normalized spacial score (nSPS) is 14.8. The van der Waals surface area contributed by atoms with Crippen molar-refractivity contribution in [2.24, 2.45) is 4.99 Å². The summed E-state index contributed by atoms with van der Waals surface area (Å²) >= 11 is 13.8. The van der Waals surface area contributed by atoms with Gasteiger partial charge in [-0.05, 0) is 42.3 Å². The van der Waals surface area contributed by atoms with Crippen molar-refractivity contribution < 1.29 is 9.53 Å². The number of rotatable bonds is 7. The van der Waals surface area contributed by atoms with Gasteiger partial charge < -0.3 is 9.30 Å². The van der Waals surface area contributed by atoms with Crippen LogP contribution in [0.25, 0.3) is 22.7 Å². The van der Waals surface area contributed by atoms with E-state index < -0.39 is 12.0 Å². The van der Waals surface area contributed by atoms with Gasteiger partial charge >= 0.3 is 5.97 Å². The van der Waals surface area contributed by atoms with Crippen molar-refractivity contribution in [2.45, 2.75) is 19.5 Å². The molecule has 3 heterocycles. The molecular formula is C37H27Cl2N3O3S. The van der Waals surface area contributed by atoms with Gasteiger partial charge in [0.05, 0.1) is 38.5 Å². The summed E-state index contributed by atoms with van der Waals surface area (Å²) in [5.41, 5.74) is 5.08. The zero-order valence-electron chi connectivity index (χ0n) is 24.7. The van der Waals surface area contributed by atoms with Gasteiger partial charge in [-0.15, -0.1) is 0 Å². The van der Waals surface area contributed by atoms with Gasteiger partial charge in [-0.1, -0.05) is 119 Å². The summed E-state index contributed by atoms with van der Waals surface area (Å²) < 4.78 is 9.83. The summed E-state index contributed by atoms with van der Waals surface area (Å²) in [5, 5.41) is 2.02. The smallest absolute Gasteiger partial charge is 0.338 e. The first-order valence-corrected chi connectivity index (χ1v) is 16.4. The second kappa shape index (κ2) is 12.6. The molecular weight excluding hydrogens is 637 g/mol. The highest BCUT2D eigenvalue weighted by Crippen LogP contribution is 2.35. The average Bonchev–Trinajstić information content (AvgIpc) is 3.58. The quantitative estimate of drug-likeness (QED) is 0.169. The van der Waals surface area contributed by atoms with E-state index in [0.717, 1.165) is 33.2 Å². The summed E-state index contributed by atoms with van der Waals surface area (Å²) in [6.45, 7) is 2.54. The second-order valence-electron chi connectivity index (χ2n) is 10.8. The van der Waals surface area contributed by atoms with Crippen LogP contribution in [0, 0.1) is 0 Å². The molecule has 0 aliphatic carbocycles. The third-order valence-electron chi connectivity index (χ3n) is 7.93. The maximum absolute atomic E-state index is 14.3. The van der Waals surface area contributed by atoms with Crippen molar-refractivity contribution >= 4 is 63.2 Å². The number of halogens is 2. The maximum atomic E-state index is 14.3. The molecule has 0 spiro atoms. The van der Waals surface area contributed by atoms with E-state index in [0.29, 0.717) is 37.2 Å². The van der Waals surface area contributed by atoms with E-state index in [-0.39, 0.29) is 12.2 Å². The second-order valence-corrected chi connectivity index (χ2v) is 12.6. The van der Waals surface area contributed by atoms with Gasteiger partial charge in [0.25, 0.3) is 5.56 Å². The molecule has 1 aliphatic rings. The highest BCUT2D eigenvalue weighted by Gasteiger charge is 2.35. The van der Waals surface area contributed by atoms with Gasteiger partial charge in [0.15, 0.2) is 4.80 Å².